The number of thiocarbonyl (C=S) groups is 1. The second kappa shape index (κ2) is 9.55. The van der Waals surface area contributed by atoms with E-state index in [4.69, 9.17) is 21.5 Å². The van der Waals surface area contributed by atoms with E-state index in [2.05, 4.69) is 0 Å². The van der Waals surface area contributed by atoms with Gasteiger partial charge in [0.1, 0.15) is 11.9 Å². The fraction of sp³-hybridized carbons (Fsp3) is 0.217. The molecule has 2 aromatic carbocycles. The van der Waals surface area contributed by atoms with Crippen molar-refractivity contribution in [2.45, 2.75) is 19.6 Å². The summed E-state index contributed by atoms with van der Waals surface area (Å²) in [7, 11) is -4.10. The highest BCUT2D eigenvalue weighted by Crippen LogP contribution is 2.39. The van der Waals surface area contributed by atoms with Crippen molar-refractivity contribution in [3.05, 3.63) is 78.3 Å². The number of fused-ring (bicyclic) bond motifs is 1. The highest BCUT2D eigenvalue weighted by Gasteiger charge is 2.40. The van der Waals surface area contributed by atoms with E-state index >= 15 is 0 Å². The predicted molar refractivity (Wildman–Crippen MR) is 132 cm³/mol. The van der Waals surface area contributed by atoms with Gasteiger partial charge < -0.3 is 14.7 Å². The zero-order valence-electron chi connectivity index (χ0n) is 18.2. The van der Waals surface area contributed by atoms with Gasteiger partial charge in [0.15, 0.2) is 10.9 Å². The van der Waals surface area contributed by atoms with Crippen LogP contribution in [0.5, 0.6) is 5.75 Å². The van der Waals surface area contributed by atoms with Crippen LogP contribution in [0, 0.1) is 0 Å². The number of benzene rings is 2. The number of aliphatic hydroxyl groups is 1. The number of amides is 1. The second-order valence-corrected chi connectivity index (χ2v) is 9.62. The van der Waals surface area contributed by atoms with E-state index in [1.54, 1.807) is 41.3 Å². The van der Waals surface area contributed by atoms with E-state index in [9.17, 15) is 18.3 Å². The third kappa shape index (κ3) is 4.82. The molecule has 2 N–H and O–H groups in total. The summed E-state index contributed by atoms with van der Waals surface area (Å²) in [5.41, 5.74) is 1.47. The lowest BCUT2D eigenvalue weighted by Gasteiger charge is -2.22. The van der Waals surface area contributed by atoms with Crippen LogP contribution < -0.4 is 14.5 Å². The molecule has 1 saturated heterocycles. The molecule has 0 bridgehead atoms. The molecule has 2 heterocycles. The minimum atomic E-state index is -4.10. The fourth-order valence-corrected chi connectivity index (χ4v) is 4.73. The van der Waals surface area contributed by atoms with Gasteiger partial charge in [0.05, 0.1) is 17.1 Å². The van der Waals surface area contributed by atoms with Crippen LogP contribution in [0.2, 0.25) is 0 Å². The number of nitrogens with zero attached hydrogens (tertiary/aromatic N) is 3. The van der Waals surface area contributed by atoms with Gasteiger partial charge >= 0.3 is 0 Å². The largest absolute Gasteiger partial charge is 0.439 e. The number of anilines is 2. The molecule has 0 aromatic heterocycles. The molecule has 34 heavy (non-hydrogen) atoms. The van der Waals surface area contributed by atoms with Gasteiger partial charge in [0.25, 0.3) is 16.0 Å². The first-order valence-corrected chi connectivity index (χ1v) is 12.5. The van der Waals surface area contributed by atoms with Crippen molar-refractivity contribution < 1.29 is 27.6 Å². The number of aliphatic hydroxyl groups excluding tert-OH is 1. The molecule has 2 aliphatic rings. The third-order valence-corrected chi connectivity index (χ3v) is 6.46. The maximum atomic E-state index is 13.3. The Morgan fingerprint density at radius 2 is 1.76 bits per heavy atom. The third-order valence-electron chi connectivity index (χ3n) is 5.27. The average Bonchev–Trinajstić information content (AvgIpc) is 3.26. The molecule has 11 heteroatoms. The Morgan fingerprint density at radius 1 is 1.09 bits per heavy atom. The van der Waals surface area contributed by atoms with Crippen LogP contribution in [0.15, 0.2) is 78.3 Å². The summed E-state index contributed by atoms with van der Waals surface area (Å²) in [6.07, 6.45) is 2.20. The summed E-state index contributed by atoms with van der Waals surface area (Å²) in [5, 5.41) is 10.5. The molecule has 1 unspecified atom stereocenters. The van der Waals surface area contributed by atoms with Crippen LogP contribution in [0.1, 0.15) is 13.3 Å². The molecule has 0 spiro atoms. The zero-order chi connectivity index (χ0) is 24.5. The van der Waals surface area contributed by atoms with Crippen molar-refractivity contribution in [3.63, 3.8) is 0 Å². The van der Waals surface area contributed by atoms with Crippen LogP contribution in [-0.4, -0.2) is 52.5 Å². The van der Waals surface area contributed by atoms with Gasteiger partial charge in [-0.25, -0.2) is 0 Å². The van der Waals surface area contributed by atoms with E-state index in [0.717, 1.165) is 5.69 Å². The predicted octanol–water partition coefficient (Wildman–Crippen LogP) is 2.86. The number of rotatable bonds is 7. The summed E-state index contributed by atoms with van der Waals surface area (Å²) in [4.78, 5) is 17.7. The van der Waals surface area contributed by atoms with Gasteiger partial charge in [-0.2, -0.15) is 8.42 Å². The number of allylic oxidation sites excluding steroid dienone is 2. The quantitative estimate of drug-likeness (QED) is 0.336. The highest BCUT2D eigenvalue weighted by molar-refractivity contribution is 7.85. The molecule has 0 radical (unpaired) electrons. The van der Waals surface area contributed by atoms with Gasteiger partial charge in [0.2, 0.25) is 5.88 Å². The summed E-state index contributed by atoms with van der Waals surface area (Å²) >= 11 is 5.48. The van der Waals surface area contributed by atoms with Crippen LogP contribution in [-0.2, 0) is 14.9 Å². The summed E-state index contributed by atoms with van der Waals surface area (Å²) in [5.74, 6) is 0.147. The van der Waals surface area contributed by atoms with Gasteiger partial charge in [-0.3, -0.25) is 19.1 Å². The lowest BCUT2D eigenvalue weighted by molar-refractivity contribution is -0.114. The number of carbonyl (C=O) groups is 1. The molecule has 1 fully saturated rings. The Bertz CT molecular complexity index is 1270. The Balaban J connectivity index is 1.67. The molecular formula is C23H23N3O6S2. The molecule has 1 amide bonds. The van der Waals surface area contributed by atoms with Crippen LogP contribution >= 0.6 is 12.2 Å². The van der Waals surface area contributed by atoms with Crippen molar-refractivity contribution >= 4 is 44.7 Å². The van der Waals surface area contributed by atoms with Crippen molar-refractivity contribution in [2.75, 3.05) is 22.1 Å². The number of ether oxygens (including phenoxy) is 1. The minimum Gasteiger partial charge on any atom is -0.439 e. The van der Waals surface area contributed by atoms with Crippen LogP contribution in [0.3, 0.4) is 0 Å². The highest BCUT2D eigenvalue weighted by atomic mass is 32.2. The zero-order valence-corrected chi connectivity index (χ0v) is 19.9. The van der Waals surface area contributed by atoms with E-state index in [0.29, 0.717) is 17.3 Å². The Hall–Kier alpha value is -3.25. The number of para-hydroxylation sites is 3. The van der Waals surface area contributed by atoms with Gasteiger partial charge in [-0.1, -0.05) is 30.3 Å². The first kappa shape index (κ1) is 23.9. The monoisotopic (exact) mass is 501 g/mol. The number of hydrogen-bond donors (Lipinski definition) is 2. The van der Waals surface area contributed by atoms with Crippen molar-refractivity contribution in [2.24, 2.45) is 0 Å². The summed E-state index contributed by atoms with van der Waals surface area (Å²) in [6, 6.07) is 16.1. The van der Waals surface area contributed by atoms with E-state index < -0.39 is 28.0 Å². The maximum Gasteiger partial charge on any atom is 0.281 e. The first-order chi connectivity index (χ1) is 16.2. The molecular weight excluding hydrogens is 478 g/mol. The molecule has 2 aromatic rings. The van der Waals surface area contributed by atoms with E-state index in [-0.39, 0.29) is 23.8 Å². The van der Waals surface area contributed by atoms with Crippen molar-refractivity contribution in [3.8, 4) is 5.75 Å². The van der Waals surface area contributed by atoms with Gasteiger partial charge in [-0.05, 0) is 55.9 Å². The van der Waals surface area contributed by atoms with Gasteiger partial charge in [-0.15, -0.1) is 0 Å². The SMILES string of the molecule is CC(O)N1C(=S)N(c2ccccc2)C(=O)C1=CC=C1Oc2ccccc2N1CCCS(=O)(=O)O. The summed E-state index contributed by atoms with van der Waals surface area (Å²) < 4.78 is 37.3. The maximum absolute atomic E-state index is 13.3. The number of hydrogen-bond acceptors (Lipinski definition) is 7. The fourth-order valence-electron chi connectivity index (χ4n) is 3.80. The normalized spacial score (nSPS) is 19.2. The Labute approximate surface area is 202 Å². The van der Waals surface area contributed by atoms with E-state index in [1.807, 2.05) is 24.3 Å². The Kier molecular flexibility index (Phi) is 6.71. The lowest BCUT2D eigenvalue weighted by atomic mass is 10.2. The van der Waals surface area contributed by atoms with Crippen LogP contribution in [0.4, 0.5) is 11.4 Å². The standard InChI is InChI=1S/C23H23N3O6S2/c1-16(27)25-19(22(28)26(23(25)33)17-8-3-2-4-9-17)12-13-21-24(14-7-15-34(29,30)31)18-10-5-6-11-20(18)32-21/h2-6,8-13,16,27H,7,14-15H2,1H3,(H,29,30,31). The smallest absolute Gasteiger partial charge is 0.281 e. The average molecular weight is 502 g/mol. The molecule has 178 valence electrons. The minimum absolute atomic E-state index is 0.150. The Morgan fingerprint density at radius 3 is 2.44 bits per heavy atom. The van der Waals surface area contributed by atoms with Crippen LogP contribution in [0.25, 0.3) is 0 Å². The number of carbonyl (C=O) groups excluding carboxylic acids is 1. The van der Waals surface area contributed by atoms with Gasteiger partial charge in [0, 0.05) is 12.6 Å². The summed E-state index contributed by atoms with van der Waals surface area (Å²) in [6.45, 7) is 1.77. The molecule has 0 saturated carbocycles. The molecule has 0 aliphatic carbocycles. The van der Waals surface area contributed by atoms with Crippen molar-refractivity contribution in [1.29, 1.82) is 0 Å². The second-order valence-electron chi connectivity index (χ2n) is 7.68. The van der Waals surface area contributed by atoms with Crippen molar-refractivity contribution in [1.82, 2.24) is 4.90 Å². The first-order valence-electron chi connectivity index (χ1n) is 10.5. The molecule has 1 atom stereocenters. The molecule has 4 rings (SSSR count). The molecule has 2 aliphatic heterocycles. The lowest BCUT2D eigenvalue weighted by Crippen LogP contribution is -2.37. The topological polar surface area (TPSA) is 111 Å². The van der Waals surface area contributed by atoms with E-state index in [1.165, 1.54) is 22.8 Å². The molecule has 9 nitrogen and oxygen atoms in total.